The average molecular weight is 234 g/mol. The van der Waals surface area contributed by atoms with Crippen molar-refractivity contribution in [2.24, 2.45) is 0 Å². The maximum atomic E-state index is 10.9. The topological polar surface area (TPSA) is 41.1 Å². The maximum Gasteiger partial charge on any atom is 0.314 e. The van der Waals surface area contributed by atoms with Gasteiger partial charge in [-0.15, -0.1) is 0 Å². The predicted molar refractivity (Wildman–Crippen MR) is 52.0 cm³/mol. The maximum absolute atomic E-state index is 10.9. The molecular weight excluding hydrogens is 222 g/mol. The zero-order chi connectivity index (χ0) is 9.61. The molecule has 6 heteroatoms. The number of hydrogen-bond donors (Lipinski definition) is 2. The van der Waals surface area contributed by atoms with Crippen LogP contribution in [0.1, 0.15) is 13.3 Å². The summed E-state index contributed by atoms with van der Waals surface area (Å²) in [4.78, 5) is 10.9. The van der Waals surface area contributed by atoms with E-state index in [1.165, 1.54) is 0 Å². The van der Waals surface area contributed by atoms with Gasteiger partial charge in [-0.05, 0) is 6.42 Å². The van der Waals surface area contributed by atoms with Crippen LogP contribution < -0.4 is 10.6 Å². The van der Waals surface area contributed by atoms with Gasteiger partial charge < -0.3 is 10.6 Å². The third-order valence-electron chi connectivity index (χ3n) is 0.985. The second kappa shape index (κ2) is 5.73. The molecular formula is C6H11Cl3N2O. The molecule has 12 heavy (non-hydrogen) atoms. The largest absolute Gasteiger partial charge is 0.338 e. The highest BCUT2D eigenvalue weighted by molar-refractivity contribution is 6.67. The Balaban J connectivity index is 3.44. The van der Waals surface area contributed by atoms with Crippen molar-refractivity contribution >= 4 is 40.8 Å². The third kappa shape index (κ3) is 8.24. The van der Waals surface area contributed by atoms with Crippen molar-refractivity contribution in [3.63, 3.8) is 0 Å². The quantitative estimate of drug-likeness (QED) is 0.720. The van der Waals surface area contributed by atoms with Crippen LogP contribution in [0.5, 0.6) is 0 Å². The van der Waals surface area contributed by atoms with Gasteiger partial charge in [0, 0.05) is 6.54 Å². The van der Waals surface area contributed by atoms with Crippen LogP contribution in [0, 0.1) is 0 Å². The molecule has 0 saturated heterocycles. The molecule has 0 aromatic rings. The van der Waals surface area contributed by atoms with Gasteiger partial charge in [-0.2, -0.15) is 0 Å². The lowest BCUT2D eigenvalue weighted by Crippen LogP contribution is -2.40. The molecule has 2 amide bonds. The van der Waals surface area contributed by atoms with Crippen LogP contribution in [-0.2, 0) is 0 Å². The van der Waals surface area contributed by atoms with E-state index in [2.05, 4.69) is 10.6 Å². The lowest BCUT2D eigenvalue weighted by atomic mass is 10.5. The van der Waals surface area contributed by atoms with Crippen LogP contribution in [0.25, 0.3) is 0 Å². The Kier molecular flexibility index (Phi) is 5.80. The summed E-state index contributed by atoms with van der Waals surface area (Å²) in [7, 11) is 0. The molecule has 0 rings (SSSR count). The number of hydrogen-bond acceptors (Lipinski definition) is 1. The Morgan fingerprint density at radius 2 is 1.92 bits per heavy atom. The molecule has 0 bridgehead atoms. The van der Waals surface area contributed by atoms with Crippen LogP contribution >= 0.6 is 34.8 Å². The summed E-state index contributed by atoms with van der Waals surface area (Å²) in [5, 5.41) is 4.99. The highest BCUT2D eigenvalue weighted by Gasteiger charge is 2.19. The molecule has 0 radical (unpaired) electrons. The highest BCUT2D eigenvalue weighted by atomic mass is 35.6. The predicted octanol–water partition coefficient (Wildman–Crippen LogP) is 2.07. The van der Waals surface area contributed by atoms with Gasteiger partial charge in [-0.25, -0.2) is 4.79 Å². The molecule has 0 aliphatic rings. The Labute approximate surface area is 86.7 Å². The number of halogens is 3. The van der Waals surface area contributed by atoms with Crippen LogP contribution in [0.2, 0.25) is 0 Å². The summed E-state index contributed by atoms with van der Waals surface area (Å²) in [6.45, 7) is 2.58. The second-order valence-electron chi connectivity index (χ2n) is 2.22. The molecule has 0 atom stereocenters. The molecule has 0 aliphatic heterocycles. The van der Waals surface area contributed by atoms with Gasteiger partial charge in [0.15, 0.2) is 0 Å². The Bertz CT molecular complexity index is 146. The molecule has 72 valence electrons. The molecule has 0 aromatic carbocycles. The molecule has 3 nitrogen and oxygen atoms in total. The van der Waals surface area contributed by atoms with Gasteiger partial charge in [0.05, 0.1) is 6.54 Å². The van der Waals surface area contributed by atoms with Gasteiger partial charge in [-0.3, -0.25) is 0 Å². The standard InChI is InChI=1S/C6H11Cl3N2O/c1-2-3-10-5(12)11-4-6(7,8)9/h2-4H2,1H3,(H2,10,11,12). The molecule has 0 fully saturated rings. The van der Waals surface area contributed by atoms with E-state index in [9.17, 15) is 4.79 Å². The Morgan fingerprint density at radius 1 is 1.33 bits per heavy atom. The minimum atomic E-state index is -1.43. The lowest BCUT2D eigenvalue weighted by molar-refractivity contribution is 0.241. The summed E-state index contributed by atoms with van der Waals surface area (Å²) < 4.78 is -1.43. The van der Waals surface area contributed by atoms with E-state index in [-0.39, 0.29) is 12.6 Å². The molecule has 0 heterocycles. The molecule has 0 spiro atoms. The van der Waals surface area contributed by atoms with E-state index in [4.69, 9.17) is 34.8 Å². The van der Waals surface area contributed by atoms with E-state index in [0.29, 0.717) is 6.54 Å². The number of carbonyl (C=O) groups excluding carboxylic acids is 1. The van der Waals surface area contributed by atoms with Crippen LogP contribution in [-0.4, -0.2) is 22.9 Å². The molecule has 0 saturated carbocycles. The first-order chi connectivity index (χ1) is 5.45. The minimum Gasteiger partial charge on any atom is -0.338 e. The van der Waals surface area contributed by atoms with Crippen molar-refractivity contribution in [2.75, 3.05) is 13.1 Å². The van der Waals surface area contributed by atoms with Crippen molar-refractivity contribution in [2.45, 2.75) is 17.1 Å². The first kappa shape index (κ1) is 12.1. The van der Waals surface area contributed by atoms with Crippen molar-refractivity contribution in [1.82, 2.24) is 10.6 Å². The molecule has 2 N–H and O–H groups in total. The fourth-order valence-corrected chi connectivity index (χ4v) is 0.682. The Morgan fingerprint density at radius 3 is 2.33 bits per heavy atom. The fourth-order valence-electron chi connectivity index (χ4n) is 0.482. The normalized spacial score (nSPS) is 11.0. The summed E-state index contributed by atoms with van der Waals surface area (Å²) in [6, 6.07) is -0.317. The van der Waals surface area contributed by atoms with Crippen molar-refractivity contribution in [3.05, 3.63) is 0 Å². The van der Waals surface area contributed by atoms with Crippen molar-refractivity contribution in [3.8, 4) is 0 Å². The first-order valence-electron chi connectivity index (χ1n) is 3.54. The van der Waals surface area contributed by atoms with E-state index < -0.39 is 3.79 Å². The highest BCUT2D eigenvalue weighted by Crippen LogP contribution is 2.24. The minimum absolute atomic E-state index is 0.00716. The molecule has 0 aliphatic carbocycles. The zero-order valence-corrected chi connectivity index (χ0v) is 8.93. The van der Waals surface area contributed by atoms with Gasteiger partial charge in [0.25, 0.3) is 0 Å². The van der Waals surface area contributed by atoms with Gasteiger partial charge >= 0.3 is 6.03 Å². The van der Waals surface area contributed by atoms with Crippen LogP contribution in [0.3, 0.4) is 0 Å². The van der Waals surface area contributed by atoms with E-state index in [1.807, 2.05) is 6.92 Å². The van der Waals surface area contributed by atoms with Gasteiger partial charge in [0.2, 0.25) is 3.79 Å². The summed E-state index contributed by atoms with van der Waals surface area (Å²) in [6.07, 6.45) is 0.876. The number of amides is 2. The van der Waals surface area contributed by atoms with Gasteiger partial charge in [0.1, 0.15) is 0 Å². The second-order valence-corrected chi connectivity index (χ2v) is 4.74. The van der Waals surface area contributed by atoms with Crippen LogP contribution in [0.15, 0.2) is 0 Å². The molecule has 0 unspecified atom stereocenters. The van der Waals surface area contributed by atoms with Gasteiger partial charge in [-0.1, -0.05) is 41.7 Å². The first-order valence-corrected chi connectivity index (χ1v) is 4.67. The van der Waals surface area contributed by atoms with E-state index >= 15 is 0 Å². The summed E-state index contributed by atoms with van der Waals surface area (Å²) in [5.41, 5.74) is 0. The third-order valence-corrected chi connectivity index (χ3v) is 1.39. The Hall–Kier alpha value is 0.140. The zero-order valence-electron chi connectivity index (χ0n) is 6.66. The van der Waals surface area contributed by atoms with Crippen LogP contribution in [0.4, 0.5) is 4.79 Å². The van der Waals surface area contributed by atoms with E-state index in [1.54, 1.807) is 0 Å². The number of carbonyl (C=O) groups is 1. The average Bonchev–Trinajstić information content (AvgIpc) is 1.95. The van der Waals surface area contributed by atoms with E-state index in [0.717, 1.165) is 6.42 Å². The fraction of sp³-hybridized carbons (Fsp3) is 0.833. The lowest BCUT2D eigenvalue weighted by Gasteiger charge is -2.12. The number of nitrogens with one attached hydrogen (secondary N) is 2. The number of rotatable bonds is 3. The van der Waals surface area contributed by atoms with Crippen molar-refractivity contribution in [1.29, 1.82) is 0 Å². The summed E-state index contributed by atoms with van der Waals surface area (Å²) in [5.74, 6) is 0. The number of alkyl halides is 3. The smallest absolute Gasteiger partial charge is 0.314 e. The molecule has 0 aromatic heterocycles. The number of urea groups is 1. The van der Waals surface area contributed by atoms with Crippen molar-refractivity contribution < 1.29 is 4.79 Å². The SMILES string of the molecule is CCCNC(=O)NCC(Cl)(Cl)Cl. The summed E-state index contributed by atoms with van der Waals surface area (Å²) >= 11 is 16.2. The monoisotopic (exact) mass is 232 g/mol.